The van der Waals surface area contributed by atoms with Gasteiger partial charge in [-0.15, -0.1) is 6.42 Å². The van der Waals surface area contributed by atoms with E-state index in [9.17, 15) is 33.1 Å². The van der Waals surface area contributed by atoms with Crippen molar-refractivity contribution in [3.63, 3.8) is 0 Å². The van der Waals surface area contributed by atoms with Gasteiger partial charge in [0.2, 0.25) is 0 Å². The van der Waals surface area contributed by atoms with Crippen LogP contribution in [0.25, 0.3) is 0 Å². The number of rotatable bonds is 8. The standard InChI is InChI=1S/C22H24FN4O8P.2Na/c1-5-22(9-34-10-22)27(11-35-36(31,32)33)21(30)19(28)17-12(2)18(26(4)13(17)3)20(29)25-14-6-7-15(23)16(24)8-14;;/h1,6-8H,9-11,24H2,2-4H3,(H,25,29)(H2,31,32,33);;/q;2*+1/p-2. The Morgan fingerprint density at radius 1 is 1.32 bits per heavy atom. The topological polar surface area (TPSA) is 179 Å². The largest absolute Gasteiger partial charge is 1.00 e. The quantitative estimate of drug-likeness (QED) is 0.0598. The molecule has 0 saturated carbocycles. The van der Waals surface area contributed by atoms with Crippen LogP contribution in [0.2, 0.25) is 0 Å². The zero-order chi connectivity index (χ0) is 27.0. The molecule has 0 atom stereocenters. The molecular weight excluding hydrogens is 544 g/mol. The van der Waals surface area contributed by atoms with Gasteiger partial charge in [0.1, 0.15) is 18.2 Å². The van der Waals surface area contributed by atoms with Gasteiger partial charge in [-0.2, -0.15) is 0 Å². The molecule has 0 aliphatic carbocycles. The summed E-state index contributed by atoms with van der Waals surface area (Å²) in [4.78, 5) is 62.2. The molecular formula is C22H22FN4Na2O8P. The summed E-state index contributed by atoms with van der Waals surface area (Å²) in [6.45, 7) is 1.42. The van der Waals surface area contributed by atoms with Crippen molar-refractivity contribution in [3.8, 4) is 12.3 Å². The minimum atomic E-state index is -5.51. The third-order valence-corrected chi connectivity index (χ3v) is 6.31. The summed E-state index contributed by atoms with van der Waals surface area (Å²) < 4.78 is 35.1. The van der Waals surface area contributed by atoms with Crippen LogP contribution in [0.3, 0.4) is 0 Å². The van der Waals surface area contributed by atoms with Crippen LogP contribution in [-0.4, -0.2) is 52.5 Å². The van der Waals surface area contributed by atoms with Crippen LogP contribution in [0.4, 0.5) is 15.8 Å². The van der Waals surface area contributed by atoms with Crippen molar-refractivity contribution in [2.75, 3.05) is 31.0 Å². The van der Waals surface area contributed by atoms with Gasteiger partial charge in [-0.05, 0) is 37.6 Å². The maximum atomic E-state index is 13.4. The Hall–Kier alpha value is -1.53. The van der Waals surface area contributed by atoms with Crippen molar-refractivity contribution in [2.45, 2.75) is 19.4 Å². The Bertz CT molecular complexity index is 1350. The van der Waals surface area contributed by atoms with Gasteiger partial charge in [0, 0.05) is 18.4 Å². The first-order valence-electron chi connectivity index (χ1n) is 10.3. The van der Waals surface area contributed by atoms with Crippen molar-refractivity contribution >= 4 is 36.8 Å². The first-order chi connectivity index (χ1) is 16.7. The van der Waals surface area contributed by atoms with Crippen LogP contribution in [0, 0.1) is 32.0 Å². The number of ether oxygens (including phenoxy) is 1. The van der Waals surface area contributed by atoms with Crippen molar-refractivity contribution in [2.24, 2.45) is 7.05 Å². The second-order valence-electron chi connectivity index (χ2n) is 8.12. The molecule has 2 heterocycles. The number of phosphoric ester groups is 1. The Balaban J connectivity index is 0.00000361. The van der Waals surface area contributed by atoms with E-state index in [1.807, 2.05) is 0 Å². The number of amides is 2. The van der Waals surface area contributed by atoms with E-state index >= 15 is 0 Å². The molecule has 1 fully saturated rings. The Kier molecular flexibility index (Phi) is 12.0. The predicted octanol–water partition coefficient (Wildman–Crippen LogP) is -6.16. The molecule has 3 N–H and O–H groups in total. The van der Waals surface area contributed by atoms with E-state index in [-0.39, 0.29) is 106 Å². The predicted molar refractivity (Wildman–Crippen MR) is 121 cm³/mol. The van der Waals surface area contributed by atoms with Crippen LogP contribution in [0.1, 0.15) is 32.1 Å². The molecule has 2 amide bonds. The number of terminal acetylenes is 1. The van der Waals surface area contributed by atoms with Crippen LogP contribution in [0.15, 0.2) is 18.2 Å². The van der Waals surface area contributed by atoms with E-state index < -0.39 is 43.5 Å². The summed E-state index contributed by atoms with van der Waals surface area (Å²) in [5.41, 5.74) is 4.33. The van der Waals surface area contributed by atoms with E-state index in [1.54, 1.807) is 0 Å². The van der Waals surface area contributed by atoms with Crippen LogP contribution < -0.4 is 80.0 Å². The van der Waals surface area contributed by atoms with E-state index in [0.29, 0.717) is 4.90 Å². The fourth-order valence-corrected chi connectivity index (χ4v) is 4.05. The summed E-state index contributed by atoms with van der Waals surface area (Å²) >= 11 is 0. The zero-order valence-electron chi connectivity index (χ0n) is 21.5. The van der Waals surface area contributed by atoms with E-state index in [1.165, 1.54) is 37.6 Å². The van der Waals surface area contributed by atoms with Crippen LogP contribution in [-0.2, 0) is 25.7 Å². The average Bonchev–Trinajstić information content (AvgIpc) is 2.99. The number of benzene rings is 1. The summed E-state index contributed by atoms with van der Waals surface area (Å²) in [5, 5.41) is 2.55. The van der Waals surface area contributed by atoms with Crippen molar-refractivity contribution < 1.29 is 102 Å². The van der Waals surface area contributed by atoms with Crippen LogP contribution in [0.5, 0.6) is 0 Å². The number of carbonyl (C=O) groups is 3. The first-order valence-corrected chi connectivity index (χ1v) is 11.8. The number of carbonyl (C=O) groups excluding carboxylic acids is 3. The van der Waals surface area contributed by atoms with Crippen LogP contribution >= 0.6 is 7.82 Å². The normalized spacial score (nSPS) is 13.7. The van der Waals surface area contributed by atoms with Gasteiger partial charge in [-0.25, -0.2) is 4.39 Å². The molecule has 2 aromatic rings. The molecule has 1 aromatic heterocycles. The van der Waals surface area contributed by atoms with Gasteiger partial charge < -0.3 is 39.2 Å². The number of phosphoric acid groups is 1. The number of ketones is 1. The summed E-state index contributed by atoms with van der Waals surface area (Å²) in [6, 6.07) is 3.59. The molecule has 16 heteroatoms. The SMILES string of the molecule is C#CC1(N(COP(=O)([O-])[O-])C(=O)C(=O)c2c(C)c(C(=O)Nc3ccc(F)c(N)c3)n(C)c2C)COC1.[Na+].[Na+]. The van der Waals surface area contributed by atoms with E-state index in [4.69, 9.17) is 16.9 Å². The molecule has 38 heavy (non-hydrogen) atoms. The zero-order valence-corrected chi connectivity index (χ0v) is 26.4. The van der Waals surface area contributed by atoms with Crippen molar-refractivity contribution in [1.29, 1.82) is 0 Å². The number of Topliss-reactive ketones (excluding diaryl/α,β-unsaturated/α-hetero) is 1. The second kappa shape index (κ2) is 13.2. The molecule has 12 nitrogen and oxygen atoms in total. The molecule has 0 spiro atoms. The molecule has 1 aliphatic rings. The molecule has 1 aliphatic heterocycles. The molecule has 1 aromatic carbocycles. The van der Waals surface area contributed by atoms with E-state index in [2.05, 4.69) is 15.8 Å². The minimum absolute atomic E-state index is 0. The third-order valence-electron chi connectivity index (χ3n) is 5.88. The number of nitrogens with zero attached hydrogens (tertiary/aromatic N) is 2. The van der Waals surface area contributed by atoms with Gasteiger partial charge >= 0.3 is 59.1 Å². The Labute approximate surface area is 262 Å². The first kappa shape index (κ1) is 34.5. The number of anilines is 2. The average molecular weight is 566 g/mol. The van der Waals surface area contributed by atoms with Gasteiger partial charge in [-0.1, -0.05) is 5.92 Å². The van der Waals surface area contributed by atoms with Gasteiger partial charge in [-0.3, -0.25) is 19.3 Å². The molecule has 192 valence electrons. The number of hydrogen-bond acceptors (Lipinski definition) is 9. The number of nitrogen functional groups attached to an aromatic ring is 1. The van der Waals surface area contributed by atoms with Gasteiger partial charge in [0.15, 0.2) is 5.54 Å². The van der Waals surface area contributed by atoms with E-state index in [0.717, 1.165) is 6.07 Å². The third kappa shape index (κ3) is 6.96. The van der Waals surface area contributed by atoms with Gasteiger partial charge in [0.25, 0.3) is 17.6 Å². The maximum Gasteiger partial charge on any atom is 1.00 e. The molecule has 0 bridgehead atoms. The Morgan fingerprint density at radius 2 is 1.92 bits per heavy atom. The number of nitrogens with two attached hydrogens (primary N) is 1. The maximum absolute atomic E-state index is 13.4. The second-order valence-corrected chi connectivity index (χ2v) is 9.27. The van der Waals surface area contributed by atoms with Crippen molar-refractivity contribution in [3.05, 3.63) is 46.5 Å². The molecule has 1 saturated heterocycles. The molecule has 0 unspecified atom stereocenters. The fourth-order valence-electron chi connectivity index (χ4n) is 3.79. The smallest absolute Gasteiger partial charge is 0.790 e. The van der Waals surface area contributed by atoms with Crippen molar-refractivity contribution in [1.82, 2.24) is 9.47 Å². The summed E-state index contributed by atoms with van der Waals surface area (Å²) in [6.07, 6.45) is 5.50. The minimum Gasteiger partial charge on any atom is -0.790 e. The number of nitrogens with one attached hydrogen (secondary N) is 1. The fraction of sp³-hybridized carbons (Fsp3) is 0.318. The number of aromatic nitrogens is 1. The molecule has 3 rings (SSSR count). The number of halogens is 1. The summed E-state index contributed by atoms with van der Waals surface area (Å²) in [7, 11) is -4.02. The number of hydrogen-bond donors (Lipinski definition) is 2. The Morgan fingerprint density at radius 3 is 2.39 bits per heavy atom. The summed E-state index contributed by atoms with van der Waals surface area (Å²) in [5.74, 6) is -1.40. The monoisotopic (exact) mass is 566 g/mol. The molecule has 0 radical (unpaired) electrons. The van der Waals surface area contributed by atoms with Gasteiger partial charge in [0.05, 0.1) is 32.3 Å².